The molecule has 0 atom stereocenters. The summed E-state index contributed by atoms with van der Waals surface area (Å²) in [5.41, 5.74) is -0.0467. The van der Waals surface area contributed by atoms with Gasteiger partial charge in [-0.1, -0.05) is 11.3 Å². The minimum atomic E-state index is -0.541. The van der Waals surface area contributed by atoms with Crippen LogP contribution >= 0.6 is 27.3 Å². The quantitative estimate of drug-likeness (QED) is 0.868. The van der Waals surface area contributed by atoms with E-state index in [9.17, 15) is 4.79 Å². The molecular formula is C10H11BrN4O2S. The number of aromatic nitrogens is 3. The summed E-state index contributed by atoms with van der Waals surface area (Å²) in [4.78, 5) is 24.6. The Kier molecular flexibility index (Phi) is 3.49. The molecule has 1 N–H and O–H groups in total. The number of carbonyl (C=O) groups is 1. The number of fused-ring (bicyclic) bond motifs is 1. The fourth-order valence-electron chi connectivity index (χ4n) is 1.15. The molecule has 2 aromatic heterocycles. The lowest BCUT2D eigenvalue weighted by Crippen LogP contribution is -2.27. The van der Waals surface area contributed by atoms with E-state index in [-0.39, 0.29) is 0 Å². The van der Waals surface area contributed by atoms with E-state index in [0.29, 0.717) is 20.2 Å². The second-order valence-electron chi connectivity index (χ2n) is 4.47. The zero-order valence-corrected chi connectivity index (χ0v) is 12.4. The van der Waals surface area contributed by atoms with Crippen LogP contribution in [0.5, 0.6) is 0 Å². The van der Waals surface area contributed by atoms with Gasteiger partial charge in [0, 0.05) is 0 Å². The molecular weight excluding hydrogens is 320 g/mol. The molecule has 0 aromatic carbocycles. The number of halogens is 1. The highest BCUT2D eigenvalue weighted by molar-refractivity contribution is 9.10. The summed E-state index contributed by atoms with van der Waals surface area (Å²) in [7, 11) is 0. The summed E-state index contributed by atoms with van der Waals surface area (Å²) in [5, 5.41) is 2.97. The Balaban J connectivity index is 2.15. The summed E-state index contributed by atoms with van der Waals surface area (Å²) in [6, 6.07) is 0. The van der Waals surface area contributed by atoms with Crippen molar-refractivity contribution in [1.82, 2.24) is 15.0 Å². The first kappa shape index (κ1) is 13.2. The Labute approximate surface area is 116 Å². The SMILES string of the molecule is CC(C)(C)OC(=O)Nc1nc2ncc(Br)nc2s1. The van der Waals surface area contributed by atoms with E-state index >= 15 is 0 Å². The Hall–Kier alpha value is -1.28. The first-order valence-corrected chi connectivity index (χ1v) is 6.73. The molecule has 0 unspecified atom stereocenters. The van der Waals surface area contributed by atoms with Gasteiger partial charge in [0.2, 0.25) is 0 Å². The summed E-state index contributed by atoms with van der Waals surface area (Å²) in [6.45, 7) is 5.39. The number of ether oxygens (including phenoxy) is 1. The van der Waals surface area contributed by atoms with Gasteiger partial charge in [0.15, 0.2) is 15.6 Å². The number of amides is 1. The van der Waals surface area contributed by atoms with Crippen molar-refractivity contribution in [3.63, 3.8) is 0 Å². The smallest absolute Gasteiger partial charge is 0.413 e. The predicted octanol–water partition coefficient (Wildman–Crippen LogP) is 3.20. The molecule has 0 aliphatic heterocycles. The van der Waals surface area contributed by atoms with Crippen LogP contribution in [0.3, 0.4) is 0 Å². The molecule has 8 heteroatoms. The van der Waals surface area contributed by atoms with Gasteiger partial charge in [0.25, 0.3) is 0 Å². The first-order valence-electron chi connectivity index (χ1n) is 5.12. The molecule has 0 fully saturated rings. The van der Waals surface area contributed by atoms with E-state index in [2.05, 4.69) is 36.2 Å². The number of hydrogen-bond acceptors (Lipinski definition) is 6. The van der Waals surface area contributed by atoms with E-state index in [1.807, 2.05) is 0 Å². The Morgan fingerprint density at radius 3 is 2.83 bits per heavy atom. The monoisotopic (exact) mass is 330 g/mol. The number of carbonyl (C=O) groups excluding carboxylic acids is 1. The number of nitrogens with one attached hydrogen (secondary N) is 1. The average Bonchev–Trinajstić information content (AvgIpc) is 2.55. The highest BCUT2D eigenvalue weighted by atomic mass is 79.9. The van der Waals surface area contributed by atoms with Gasteiger partial charge in [-0.2, -0.15) is 4.98 Å². The van der Waals surface area contributed by atoms with Crippen LogP contribution in [0, 0.1) is 0 Å². The van der Waals surface area contributed by atoms with Crippen LogP contribution in [0.4, 0.5) is 9.93 Å². The van der Waals surface area contributed by atoms with Crippen molar-refractivity contribution in [3.8, 4) is 0 Å². The third-order valence-corrected chi connectivity index (χ3v) is 2.94. The lowest BCUT2D eigenvalue weighted by molar-refractivity contribution is 0.0636. The summed E-state index contributed by atoms with van der Waals surface area (Å²) in [6.07, 6.45) is 1.01. The Morgan fingerprint density at radius 2 is 2.17 bits per heavy atom. The molecule has 0 aliphatic rings. The van der Waals surface area contributed by atoms with Gasteiger partial charge < -0.3 is 4.74 Å². The summed E-state index contributed by atoms with van der Waals surface area (Å²) >= 11 is 4.46. The largest absolute Gasteiger partial charge is 0.444 e. The molecule has 0 saturated heterocycles. The molecule has 6 nitrogen and oxygen atoms in total. The Bertz CT molecular complexity index is 593. The molecule has 2 rings (SSSR count). The van der Waals surface area contributed by atoms with Crippen LogP contribution in [-0.2, 0) is 4.74 Å². The van der Waals surface area contributed by atoms with E-state index in [1.54, 1.807) is 27.0 Å². The zero-order chi connectivity index (χ0) is 13.3. The highest BCUT2D eigenvalue weighted by Gasteiger charge is 2.17. The van der Waals surface area contributed by atoms with Crippen molar-refractivity contribution < 1.29 is 9.53 Å². The number of thiazole rings is 1. The minimum absolute atomic E-state index is 0.414. The number of anilines is 1. The van der Waals surface area contributed by atoms with Gasteiger partial charge in [0.05, 0.1) is 6.20 Å². The van der Waals surface area contributed by atoms with Crippen molar-refractivity contribution in [1.29, 1.82) is 0 Å². The topological polar surface area (TPSA) is 77.0 Å². The van der Waals surface area contributed by atoms with Gasteiger partial charge in [0.1, 0.15) is 10.2 Å². The Morgan fingerprint density at radius 1 is 1.44 bits per heavy atom. The van der Waals surface area contributed by atoms with Crippen LogP contribution in [-0.4, -0.2) is 26.6 Å². The number of rotatable bonds is 1. The van der Waals surface area contributed by atoms with E-state index in [0.717, 1.165) is 0 Å². The second-order valence-corrected chi connectivity index (χ2v) is 6.26. The maximum Gasteiger partial charge on any atom is 0.413 e. The van der Waals surface area contributed by atoms with Crippen LogP contribution in [0.15, 0.2) is 10.8 Å². The van der Waals surface area contributed by atoms with Crippen molar-refractivity contribution in [2.45, 2.75) is 26.4 Å². The predicted molar refractivity (Wildman–Crippen MR) is 72.8 cm³/mol. The third kappa shape index (κ3) is 3.36. The molecule has 2 heterocycles. The molecule has 18 heavy (non-hydrogen) atoms. The van der Waals surface area contributed by atoms with Crippen LogP contribution in [0.2, 0.25) is 0 Å². The van der Waals surface area contributed by atoms with Gasteiger partial charge in [-0.3, -0.25) is 5.32 Å². The lowest BCUT2D eigenvalue weighted by atomic mass is 10.2. The molecule has 0 radical (unpaired) electrons. The molecule has 0 bridgehead atoms. The van der Waals surface area contributed by atoms with Crippen molar-refractivity contribution in [2.75, 3.05) is 5.32 Å². The molecule has 1 amide bonds. The summed E-state index contributed by atoms with van der Waals surface area (Å²) < 4.78 is 5.76. The fraction of sp³-hybridized carbons (Fsp3) is 0.400. The molecule has 96 valence electrons. The standard InChI is InChI=1S/C10H11BrN4O2S/c1-10(2,3)17-9(16)15-8-14-6-7(18-8)13-5(11)4-12-6/h4H,1-3H3,(H,12,14,15,16). The van der Waals surface area contributed by atoms with Crippen LogP contribution in [0.25, 0.3) is 10.5 Å². The van der Waals surface area contributed by atoms with Gasteiger partial charge in [-0.15, -0.1) is 0 Å². The van der Waals surface area contributed by atoms with Crippen molar-refractivity contribution >= 4 is 49.0 Å². The fourth-order valence-corrected chi connectivity index (χ4v) is 2.33. The van der Waals surface area contributed by atoms with Crippen LogP contribution < -0.4 is 5.32 Å². The van der Waals surface area contributed by atoms with Gasteiger partial charge >= 0.3 is 6.09 Å². The second kappa shape index (κ2) is 4.77. The lowest BCUT2D eigenvalue weighted by Gasteiger charge is -2.18. The molecule has 0 spiro atoms. The highest BCUT2D eigenvalue weighted by Crippen LogP contribution is 2.24. The maximum atomic E-state index is 11.6. The number of nitrogens with zero attached hydrogens (tertiary/aromatic N) is 3. The van der Waals surface area contributed by atoms with Gasteiger partial charge in [-0.25, -0.2) is 14.8 Å². The molecule has 0 aliphatic carbocycles. The maximum absolute atomic E-state index is 11.6. The van der Waals surface area contributed by atoms with Crippen molar-refractivity contribution in [2.24, 2.45) is 0 Å². The van der Waals surface area contributed by atoms with E-state index in [1.165, 1.54) is 11.3 Å². The third-order valence-electron chi connectivity index (χ3n) is 1.70. The van der Waals surface area contributed by atoms with E-state index in [4.69, 9.17) is 4.74 Å². The normalized spacial score (nSPS) is 11.6. The number of hydrogen-bond donors (Lipinski definition) is 1. The van der Waals surface area contributed by atoms with Crippen LogP contribution in [0.1, 0.15) is 20.8 Å². The van der Waals surface area contributed by atoms with Crippen molar-refractivity contribution in [3.05, 3.63) is 10.8 Å². The van der Waals surface area contributed by atoms with E-state index < -0.39 is 11.7 Å². The average molecular weight is 331 g/mol. The zero-order valence-electron chi connectivity index (χ0n) is 10.0. The first-order chi connectivity index (χ1) is 8.33. The molecule has 0 saturated carbocycles. The summed E-state index contributed by atoms with van der Waals surface area (Å²) in [5.74, 6) is 0. The molecule has 2 aromatic rings. The minimum Gasteiger partial charge on any atom is -0.444 e. The van der Waals surface area contributed by atoms with Gasteiger partial charge in [-0.05, 0) is 36.7 Å².